The van der Waals surface area contributed by atoms with Crippen molar-refractivity contribution in [2.24, 2.45) is 4.99 Å². The summed E-state index contributed by atoms with van der Waals surface area (Å²) < 4.78 is 0. The van der Waals surface area contributed by atoms with Crippen LogP contribution >= 0.6 is 11.8 Å². The Kier molecular flexibility index (Phi) is 4.05. The molecule has 1 fully saturated rings. The van der Waals surface area contributed by atoms with Gasteiger partial charge in [-0.25, -0.2) is 0 Å². The molecule has 0 saturated carbocycles. The highest BCUT2D eigenvalue weighted by molar-refractivity contribution is 8.14. The van der Waals surface area contributed by atoms with E-state index in [0.717, 1.165) is 30.3 Å². The van der Waals surface area contributed by atoms with Crippen LogP contribution in [0.1, 0.15) is 25.8 Å². The predicted octanol–water partition coefficient (Wildman–Crippen LogP) is 2.49. The van der Waals surface area contributed by atoms with E-state index in [0.29, 0.717) is 0 Å². The Bertz CT molecular complexity index is 391. The van der Waals surface area contributed by atoms with E-state index in [1.807, 2.05) is 36.3 Å². The molecule has 1 saturated heterocycles. The summed E-state index contributed by atoms with van der Waals surface area (Å²) in [6, 6.07) is 4.09. The number of thioether (sulfide) groups is 1. The van der Waals surface area contributed by atoms with Crippen molar-refractivity contribution in [3.05, 3.63) is 30.1 Å². The lowest BCUT2D eigenvalue weighted by Crippen LogP contribution is -2.39. The van der Waals surface area contributed by atoms with E-state index < -0.39 is 0 Å². The molecular weight excluding hydrogens is 230 g/mol. The zero-order valence-corrected chi connectivity index (χ0v) is 11.3. The van der Waals surface area contributed by atoms with Crippen molar-refractivity contribution in [1.82, 2.24) is 10.3 Å². The Morgan fingerprint density at radius 3 is 2.88 bits per heavy atom. The van der Waals surface area contributed by atoms with Crippen LogP contribution in [-0.4, -0.2) is 28.0 Å². The number of rotatable bonds is 4. The quantitative estimate of drug-likeness (QED) is 0.891. The van der Waals surface area contributed by atoms with Crippen molar-refractivity contribution in [1.29, 1.82) is 0 Å². The molecule has 0 amide bonds. The lowest BCUT2D eigenvalue weighted by atomic mass is 10.0. The van der Waals surface area contributed by atoms with Gasteiger partial charge in [0.2, 0.25) is 0 Å². The molecule has 4 heteroatoms. The van der Waals surface area contributed by atoms with Gasteiger partial charge in [-0.2, -0.15) is 0 Å². The second kappa shape index (κ2) is 5.54. The number of aliphatic imine (C=N–C) groups is 1. The molecule has 2 rings (SSSR count). The van der Waals surface area contributed by atoms with Crippen LogP contribution in [0.15, 0.2) is 29.5 Å². The molecule has 92 valence electrons. The molecule has 3 nitrogen and oxygen atoms in total. The third kappa shape index (κ3) is 3.46. The first-order chi connectivity index (χ1) is 8.22. The summed E-state index contributed by atoms with van der Waals surface area (Å²) in [5, 5.41) is 4.60. The number of pyridine rings is 1. The summed E-state index contributed by atoms with van der Waals surface area (Å²) in [5.74, 6) is 1.12. The van der Waals surface area contributed by atoms with Gasteiger partial charge in [-0.05, 0) is 37.5 Å². The Hall–Kier alpha value is -1.03. The third-order valence-corrected chi connectivity index (χ3v) is 4.41. The lowest BCUT2D eigenvalue weighted by molar-refractivity contribution is 0.466. The molecule has 0 spiro atoms. The van der Waals surface area contributed by atoms with Crippen LogP contribution in [0.3, 0.4) is 0 Å². The minimum atomic E-state index is 0.236. The maximum Gasteiger partial charge on any atom is 0.157 e. The number of amidine groups is 1. The van der Waals surface area contributed by atoms with Crippen molar-refractivity contribution < 1.29 is 0 Å². The fraction of sp³-hybridized carbons (Fsp3) is 0.538. The third-order valence-electron chi connectivity index (χ3n) is 3.12. The monoisotopic (exact) mass is 249 g/mol. The number of hydrogen-bond donors (Lipinski definition) is 1. The van der Waals surface area contributed by atoms with E-state index in [1.54, 1.807) is 0 Å². The normalized spacial score (nSPS) is 26.1. The minimum absolute atomic E-state index is 0.236. The van der Waals surface area contributed by atoms with Crippen LogP contribution in [0, 0.1) is 0 Å². The summed E-state index contributed by atoms with van der Waals surface area (Å²) in [6.45, 7) is 5.32. The standard InChI is InChI=1S/C13H19N3S/c1-3-13(2)10-17-12(16-13)15-9-6-11-4-7-14-8-5-11/h4-5,7-8H,3,6,9-10H2,1-2H3,(H,15,16). The highest BCUT2D eigenvalue weighted by Crippen LogP contribution is 2.25. The summed E-state index contributed by atoms with van der Waals surface area (Å²) >= 11 is 1.84. The average molecular weight is 249 g/mol. The molecule has 1 aliphatic rings. The first-order valence-corrected chi connectivity index (χ1v) is 7.05. The van der Waals surface area contributed by atoms with E-state index in [1.165, 1.54) is 5.56 Å². The average Bonchev–Trinajstić information content (AvgIpc) is 2.74. The molecule has 0 radical (unpaired) electrons. The molecule has 1 N–H and O–H groups in total. The minimum Gasteiger partial charge on any atom is -0.359 e. The highest BCUT2D eigenvalue weighted by atomic mass is 32.2. The van der Waals surface area contributed by atoms with Crippen LogP contribution < -0.4 is 5.32 Å². The molecule has 1 atom stereocenters. The molecule has 2 heterocycles. The van der Waals surface area contributed by atoms with Gasteiger partial charge >= 0.3 is 0 Å². The maximum atomic E-state index is 4.61. The van der Waals surface area contributed by atoms with Crippen LogP contribution in [0.4, 0.5) is 0 Å². The van der Waals surface area contributed by atoms with E-state index in [-0.39, 0.29) is 5.54 Å². The van der Waals surface area contributed by atoms with Crippen molar-refractivity contribution >= 4 is 16.9 Å². The molecule has 0 bridgehead atoms. The zero-order valence-electron chi connectivity index (χ0n) is 10.4. The molecule has 17 heavy (non-hydrogen) atoms. The molecule has 0 aliphatic carbocycles. The highest BCUT2D eigenvalue weighted by Gasteiger charge is 2.30. The van der Waals surface area contributed by atoms with E-state index >= 15 is 0 Å². The summed E-state index contributed by atoms with van der Waals surface area (Å²) in [6.07, 6.45) is 5.79. The van der Waals surface area contributed by atoms with Gasteiger partial charge in [-0.3, -0.25) is 9.98 Å². The van der Waals surface area contributed by atoms with Gasteiger partial charge in [0.05, 0.1) is 0 Å². The molecule has 0 aromatic carbocycles. The Morgan fingerprint density at radius 2 is 2.24 bits per heavy atom. The number of nitrogens with one attached hydrogen (secondary N) is 1. The van der Waals surface area contributed by atoms with Gasteiger partial charge in [0.25, 0.3) is 0 Å². The van der Waals surface area contributed by atoms with Crippen molar-refractivity contribution in [3.63, 3.8) is 0 Å². The second-order valence-corrected chi connectivity index (χ2v) is 5.58. The largest absolute Gasteiger partial charge is 0.359 e. The Balaban J connectivity index is 1.83. The number of aromatic nitrogens is 1. The Labute approximate surface area is 107 Å². The molecule has 1 aromatic heterocycles. The maximum absolute atomic E-state index is 4.61. The first-order valence-electron chi connectivity index (χ1n) is 6.06. The smallest absolute Gasteiger partial charge is 0.157 e. The Morgan fingerprint density at radius 1 is 1.47 bits per heavy atom. The molecule has 1 unspecified atom stereocenters. The van der Waals surface area contributed by atoms with Gasteiger partial charge in [-0.15, -0.1) is 0 Å². The van der Waals surface area contributed by atoms with Crippen LogP contribution in [0.2, 0.25) is 0 Å². The van der Waals surface area contributed by atoms with Gasteiger partial charge in [-0.1, -0.05) is 18.7 Å². The van der Waals surface area contributed by atoms with E-state index in [2.05, 4.69) is 29.1 Å². The zero-order chi connectivity index (χ0) is 12.1. The predicted molar refractivity (Wildman–Crippen MR) is 74.5 cm³/mol. The fourth-order valence-corrected chi connectivity index (χ4v) is 2.90. The topological polar surface area (TPSA) is 37.3 Å². The van der Waals surface area contributed by atoms with Crippen LogP contribution in [0.25, 0.3) is 0 Å². The van der Waals surface area contributed by atoms with Crippen LogP contribution in [0.5, 0.6) is 0 Å². The second-order valence-electron chi connectivity index (χ2n) is 4.62. The van der Waals surface area contributed by atoms with Gasteiger partial charge in [0.1, 0.15) is 0 Å². The molecule has 1 aliphatic heterocycles. The van der Waals surface area contributed by atoms with Crippen molar-refractivity contribution in [2.75, 3.05) is 12.3 Å². The number of hydrogen-bond acceptors (Lipinski definition) is 3. The van der Waals surface area contributed by atoms with Gasteiger partial charge in [0, 0.05) is 30.2 Å². The first kappa shape index (κ1) is 12.4. The molecular formula is C13H19N3S. The summed E-state index contributed by atoms with van der Waals surface area (Å²) in [5.41, 5.74) is 1.53. The molecule has 1 aromatic rings. The van der Waals surface area contributed by atoms with Crippen molar-refractivity contribution in [3.8, 4) is 0 Å². The lowest BCUT2D eigenvalue weighted by Gasteiger charge is -2.20. The van der Waals surface area contributed by atoms with Gasteiger partial charge in [0.15, 0.2) is 5.17 Å². The fourth-order valence-electron chi connectivity index (χ4n) is 1.67. The van der Waals surface area contributed by atoms with Gasteiger partial charge < -0.3 is 5.32 Å². The van der Waals surface area contributed by atoms with Crippen LogP contribution in [-0.2, 0) is 6.42 Å². The van der Waals surface area contributed by atoms with Crippen molar-refractivity contribution in [2.45, 2.75) is 32.2 Å². The van der Waals surface area contributed by atoms with E-state index in [9.17, 15) is 0 Å². The SMILES string of the molecule is CCC1(C)CSC(=NCCc2ccncc2)N1. The number of nitrogens with zero attached hydrogens (tertiary/aromatic N) is 2. The summed E-state index contributed by atoms with van der Waals surface area (Å²) in [4.78, 5) is 8.62. The summed E-state index contributed by atoms with van der Waals surface area (Å²) in [7, 11) is 0. The van der Waals surface area contributed by atoms with E-state index in [4.69, 9.17) is 0 Å².